The normalized spacial score (nSPS) is 23.6. The first kappa shape index (κ1) is 15.5. The molecule has 1 aliphatic heterocycles. The third-order valence-corrected chi connectivity index (χ3v) is 5.29. The van der Waals surface area contributed by atoms with Crippen molar-refractivity contribution in [2.75, 3.05) is 19.6 Å². The van der Waals surface area contributed by atoms with E-state index in [1.807, 2.05) is 0 Å². The number of nitrogens with one attached hydrogen (secondary N) is 2. The molecule has 1 aliphatic carbocycles. The molecule has 3 rings (SSSR count). The molecule has 3 nitrogen and oxygen atoms in total. The van der Waals surface area contributed by atoms with E-state index < -0.39 is 5.41 Å². The summed E-state index contributed by atoms with van der Waals surface area (Å²) in [7, 11) is 0. The van der Waals surface area contributed by atoms with E-state index in [0.29, 0.717) is 5.92 Å². The van der Waals surface area contributed by atoms with Crippen LogP contribution in [0.5, 0.6) is 0 Å². The number of halogens is 1. The van der Waals surface area contributed by atoms with Gasteiger partial charge < -0.3 is 10.6 Å². The number of benzene rings is 1. The van der Waals surface area contributed by atoms with Crippen molar-refractivity contribution in [3.05, 3.63) is 35.6 Å². The highest BCUT2D eigenvalue weighted by molar-refractivity contribution is 5.88. The second-order valence-corrected chi connectivity index (χ2v) is 6.70. The Kier molecular flexibility index (Phi) is 4.77. The van der Waals surface area contributed by atoms with Crippen molar-refractivity contribution in [2.24, 2.45) is 5.92 Å². The smallest absolute Gasteiger partial charge is 0.230 e. The zero-order chi connectivity index (χ0) is 15.4. The summed E-state index contributed by atoms with van der Waals surface area (Å²) in [6.45, 7) is 2.91. The van der Waals surface area contributed by atoms with Gasteiger partial charge in [0.2, 0.25) is 5.91 Å². The summed E-state index contributed by atoms with van der Waals surface area (Å²) in [4.78, 5) is 12.8. The fourth-order valence-electron chi connectivity index (χ4n) is 3.91. The molecule has 1 unspecified atom stereocenters. The summed E-state index contributed by atoms with van der Waals surface area (Å²) >= 11 is 0. The number of carbonyl (C=O) groups excluding carboxylic acids is 1. The third-order valence-electron chi connectivity index (χ3n) is 5.29. The first-order valence-electron chi connectivity index (χ1n) is 8.46. The Balaban J connectivity index is 1.64. The topological polar surface area (TPSA) is 41.1 Å². The summed E-state index contributed by atoms with van der Waals surface area (Å²) in [6, 6.07) is 6.49. The van der Waals surface area contributed by atoms with Crippen molar-refractivity contribution in [1.29, 1.82) is 0 Å². The molecule has 0 spiro atoms. The first-order chi connectivity index (χ1) is 10.7. The quantitative estimate of drug-likeness (QED) is 0.878. The minimum Gasteiger partial charge on any atom is -0.355 e. The Morgan fingerprint density at radius 2 is 2.00 bits per heavy atom. The molecule has 0 bridgehead atoms. The van der Waals surface area contributed by atoms with Crippen molar-refractivity contribution in [1.82, 2.24) is 10.6 Å². The molecule has 1 aromatic rings. The molecule has 1 heterocycles. The fraction of sp³-hybridized carbons (Fsp3) is 0.611. The molecule has 0 radical (unpaired) electrons. The van der Waals surface area contributed by atoms with Crippen LogP contribution in [0, 0.1) is 11.7 Å². The molecule has 1 atom stereocenters. The van der Waals surface area contributed by atoms with E-state index in [9.17, 15) is 9.18 Å². The van der Waals surface area contributed by atoms with E-state index in [1.54, 1.807) is 12.1 Å². The number of hydrogen-bond donors (Lipinski definition) is 2. The second kappa shape index (κ2) is 6.78. The van der Waals surface area contributed by atoms with Crippen LogP contribution in [0.1, 0.15) is 44.1 Å². The van der Waals surface area contributed by atoms with Gasteiger partial charge in [0.1, 0.15) is 5.82 Å². The number of rotatable bonds is 5. The highest BCUT2D eigenvalue weighted by atomic mass is 19.1. The minimum absolute atomic E-state index is 0.127. The predicted octanol–water partition coefficient (Wildman–Crippen LogP) is 2.75. The van der Waals surface area contributed by atoms with E-state index in [1.165, 1.54) is 18.6 Å². The molecule has 1 saturated carbocycles. The van der Waals surface area contributed by atoms with E-state index in [-0.39, 0.29) is 11.7 Å². The van der Waals surface area contributed by atoms with E-state index >= 15 is 0 Å². The van der Waals surface area contributed by atoms with Gasteiger partial charge in [0.25, 0.3) is 0 Å². The molecule has 22 heavy (non-hydrogen) atoms. The zero-order valence-electron chi connectivity index (χ0n) is 13.0. The van der Waals surface area contributed by atoms with Gasteiger partial charge in [-0.25, -0.2) is 4.39 Å². The SMILES string of the molecule is O=C(NCCC1CCNC1)C1(c2ccc(F)cc2)CCCC1. The van der Waals surface area contributed by atoms with Gasteiger partial charge in [-0.2, -0.15) is 0 Å². The molecule has 1 saturated heterocycles. The van der Waals surface area contributed by atoms with Gasteiger partial charge in [0.15, 0.2) is 0 Å². The summed E-state index contributed by atoms with van der Waals surface area (Å²) < 4.78 is 13.2. The lowest BCUT2D eigenvalue weighted by Gasteiger charge is -2.28. The first-order valence-corrected chi connectivity index (χ1v) is 8.46. The largest absolute Gasteiger partial charge is 0.355 e. The lowest BCUT2D eigenvalue weighted by molar-refractivity contribution is -0.126. The van der Waals surface area contributed by atoms with Crippen molar-refractivity contribution in [3.63, 3.8) is 0 Å². The molecule has 0 aromatic heterocycles. The average Bonchev–Trinajstić information content (AvgIpc) is 3.20. The van der Waals surface area contributed by atoms with E-state index in [2.05, 4.69) is 10.6 Å². The number of hydrogen-bond acceptors (Lipinski definition) is 2. The Labute approximate surface area is 131 Å². The van der Waals surface area contributed by atoms with Gasteiger partial charge in [-0.05, 0) is 62.4 Å². The maximum absolute atomic E-state index is 13.2. The molecule has 1 aromatic carbocycles. The standard InChI is InChI=1S/C18H25FN2O/c19-16-5-3-15(4-6-16)18(9-1-2-10-18)17(22)21-12-8-14-7-11-20-13-14/h3-6,14,20H,1-2,7-13H2,(H,21,22). The third kappa shape index (κ3) is 3.17. The fourth-order valence-corrected chi connectivity index (χ4v) is 3.91. The van der Waals surface area contributed by atoms with Crippen molar-refractivity contribution in [2.45, 2.75) is 43.9 Å². The monoisotopic (exact) mass is 304 g/mol. The van der Waals surface area contributed by atoms with Crippen LogP contribution in [0.3, 0.4) is 0 Å². The second-order valence-electron chi connectivity index (χ2n) is 6.70. The van der Waals surface area contributed by atoms with Gasteiger partial charge in [-0.1, -0.05) is 25.0 Å². The van der Waals surface area contributed by atoms with Crippen LogP contribution in [0.4, 0.5) is 4.39 Å². The Hall–Kier alpha value is -1.42. The number of carbonyl (C=O) groups is 1. The van der Waals surface area contributed by atoms with Crippen molar-refractivity contribution >= 4 is 5.91 Å². The van der Waals surface area contributed by atoms with Crippen LogP contribution in [0.2, 0.25) is 0 Å². The highest BCUT2D eigenvalue weighted by Crippen LogP contribution is 2.41. The van der Waals surface area contributed by atoms with Crippen LogP contribution in [0.25, 0.3) is 0 Å². The van der Waals surface area contributed by atoms with Crippen LogP contribution in [-0.2, 0) is 10.2 Å². The van der Waals surface area contributed by atoms with Gasteiger partial charge in [-0.15, -0.1) is 0 Å². The maximum atomic E-state index is 13.2. The predicted molar refractivity (Wildman–Crippen MR) is 85.1 cm³/mol. The van der Waals surface area contributed by atoms with Crippen LogP contribution < -0.4 is 10.6 Å². The molecule has 2 fully saturated rings. The molecular formula is C18H25FN2O. The van der Waals surface area contributed by atoms with Crippen molar-refractivity contribution < 1.29 is 9.18 Å². The van der Waals surface area contributed by atoms with Crippen molar-refractivity contribution in [3.8, 4) is 0 Å². The van der Waals surface area contributed by atoms with E-state index in [4.69, 9.17) is 0 Å². The van der Waals surface area contributed by atoms with Gasteiger partial charge in [0.05, 0.1) is 5.41 Å². The summed E-state index contributed by atoms with van der Waals surface area (Å²) in [5.74, 6) is 0.569. The van der Waals surface area contributed by atoms with E-state index in [0.717, 1.165) is 57.3 Å². The maximum Gasteiger partial charge on any atom is 0.230 e. The summed E-state index contributed by atoms with van der Waals surface area (Å²) in [6.07, 6.45) is 6.12. The van der Waals surface area contributed by atoms with Crippen LogP contribution >= 0.6 is 0 Å². The molecule has 2 aliphatic rings. The lowest BCUT2D eigenvalue weighted by atomic mass is 9.78. The Bertz CT molecular complexity index is 502. The zero-order valence-corrected chi connectivity index (χ0v) is 13.0. The summed E-state index contributed by atoms with van der Waals surface area (Å²) in [5.41, 5.74) is 0.521. The Morgan fingerprint density at radius 3 is 2.64 bits per heavy atom. The average molecular weight is 304 g/mol. The summed E-state index contributed by atoms with van der Waals surface area (Å²) in [5, 5.41) is 6.50. The van der Waals surface area contributed by atoms with Gasteiger partial charge >= 0.3 is 0 Å². The van der Waals surface area contributed by atoms with Crippen LogP contribution in [-0.4, -0.2) is 25.5 Å². The molecule has 4 heteroatoms. The number of amides is 1. The molecule has 1 amide bonds. The van der Waals surface area contributed by atoms with Gasteiger partial charge in [-0.3, -0.25) is 4.79 Å². The molecular weight excluding hydrogens is 279 g/mol. The minimum atomic E-state index is -0.443. The highest BCUT2D eigenvalue weighted by Gasteiger charge is 2.42. The Morgan fingerprint density at radius 1 is 1.27 bits per heavy atom. The lowest BCUT2D eigenvalue weighted by Crippen LogP contribution is -2.43. The van der Waals surface area contributed by atoms with Crippen LogP contribution in [0.15, 0.2) is 24.3 Å². The van der Waals surface area contributed by atoms with Gasteiger partial charge in [0, 0.05) is 6.54 Å². The molecule has 2 N–H and O–H groups in total. The molecule has 120 valence electrons.